The zero-order valence-electron chi connectivity index (χ0n) is 23.7. The number of phenolic OH excluding ortho intramolecular Hbond substituents is 2. The Morgan fingerprint density at radius 1 is 1.15 bits per heavy atom. The number of amides is 1. The van der Waals surface area contributed by atoms with E-state index in [1.165, 1.54) is 27.2 Å². The molecule has 1 heterocycles. The molecule has 0 saturated carbocycles. The van der Waals surface area contributed by atoms with Gasteiger partial charge in [0.15, 0.2) is 6.10 Å². The number of carbonyl (C=O) groups excluding carboxylic acids is 2. The maximum atomic E-state index is 12.8. The Kier molecular flexibility index (Phi) is 11.6. The molecule has 6 atom stereocenters. The summed E-state index contributed by atoms with van der Waals surface area (Å²) in [6.07, 6.45) is 4.37. The average Bonchev–Trinajstić information content (AvgIpc) is 2.88. The Bertz CT molecular complexity index is 1130. The summed E-state index contributed by atoms with van der Waals surface area (Å²) in [6, 6.07) is 1.20. The van der Waals surface area contributed by atoms with Crippen molar-refractivity contribution in [3.8, 4) is 11.5 Å². The number of phenols is 2. The van der Waals surface area contributed by atoms with Crippen LogP contribution in [-0.2, 0) is 30.2 Å². The number of benzene rings is 1. The summed E-state index contributed by atoms with van der Waals surface area (Å²) in [4.78, 5) is 24.7. The number of hydrogen-bond acceptors (Lipinski definition) is 9. The number of ether oxygens (including phenoxy) is 3. The quantitative estimate of drug-likeness (QED) is 0.125. The van der Waals surface area contributed by atoms with Crippen LogP contribution in [-0.4, -0.2) is 65.8 Å². The standard InChI is InChI=1S/C29H42N2O8/c1-15-11-20-25(30)22(33)14-21(27(20)35)31-29(36)16(2)9-8-10-23(37-6)28(39-19(5)32)18(4)13-17(3)26(34)24(12-15)38-7/h8-10,13-15,17,23-24,26,28,33-35H,11-12,30H2,1-7H3,(H,31,36)/b10-8-,16-9+,18-13+/t15-,17+,23+,24+,26-,28+/m1/s1. The van der Waals surface area contributed by atoms with Crippen LogP contribution in [0.4, 0.5) is 11.4 Å². The second-order valence-electron chi connectivity index (χ2n) is 10.2. The van der Waals surface area contributed by atoms with Crippen molar-refractivity contribution in [1.29, 1.82) is 0 Å². The summed E-state index contributed by atoms with van der Waals surface area (Å²) in [7, 11) is 2.99. The Labute approximate surface area is 230 Å². The lowest BCUT2D eigenvalue weighted by molar-refractivity contribution is -0.149. The van der Waals surface area contributed by atoms with Crippen LogP contribution >= 0.6 is 0 Å². The van der Waals surface area contributed by atoms with Gasteiger partial charge in [-0.25, -0.2) is 0 Å². The topological polar surface area (TPSA) is 161 Å². The molecule has 1 aromatic rings. The normalized spacial score (nSPS) is 30.8. The number of esters is 1. The monoisotopic (exact) mass is 546 g/mol. The fourth-order valence-electron chi connectivity index (χ4n) is 4.69. The molecule has 0 fully saturated rings. The molecular weight excluding hydrogens is 504 g/mol. The summed E-state index contributed by atoms with van der Waals surface area (Å²) < 4.78 is 16.8. The number of aliphatic hydroxyl groups excluding tert-OH is 1. The molecule has 0 radical (unpaired) electrons. The fourth-order valence-corrected chi connectivity index (χ4v) is 4.69. The lowest BCUT2D eigenvalue weighted by atomic mass is 9.87. The number of nitrogens with one attached hydrogen (secondary N) is 1. The number of hydrogen-bond donors (Lipinski definition) is 5. The number of fused-ring (bicyclic) bond motifs is 2. The van der Waals surface area contributed by atoms with Crippen LogP contribution in [0, 0.1) is 11.8 Å². The van der Waals surface area contributed by atoms with Crippen LogP contribution in [0.25, 0.3) is 0 Å². The van der Waals surface area contributed by atoms with Crippen LogP contribution in [0.3, 0.4) is 0 Å². The number of nitrogen functional groups attached to an aromatic ring is 1. The summed E-state index contributed by atoms with van der Waals surface area (Å²) in [5.74, 6) is -2.02. The number of aromatic hydroxyl groups is 2. The van der Waals surface area contributed by atoms with Crippen molar-refractivity contribution in [2.75, 3.05) is 25.3 Å². The number of carbonyl (C=O) groups is 2. The van der Waals surface area contributed by atoms with E-state index in [4.69, 9.17) is 19.9 Å². The van der Waals surface area contributed by atoms with Crippen molar-refractivity contribution in [2.45, 2.75) is 71.9 Å². The van der Waals surface area contributed by atoms with Crippen molar-refractivity contribution >= 4 is 23.3 Å². The van der Waals surface area contributed by atoms with Crippen LogP contribution in [0.15, 0.2) is 41.5 Å². The van der Waals surface area contributed by atoms with Crippen LogP contribution < -0.4 is 11.1 Å². The lowest BCUT2D eigenvalue weighted by Crippen LogP contribution is -2.36. The molecule has 1 aliphatic rings. The second-order valence-corrected chi connectivity index (χ2v) is 10.2. The largest absolute Gasteiger partial charge is 0.506 e. The highest BCUT2D eigenvalue weighted by molar-refractivity contribution is 6.04. The third-order valence-corrected chi connectivity index (χ3v) is 6.92. The number of allylic oxidation sites excluding steroid dienone is 2. The van der Waals surface area contributed by atoms with Gasteiger partial charge in [-0.15, -0.1) is 0 Å². The molecule has 0 unspecified atom stereocenters. The first-order valence-electron chi connectivity index (χ1n) is 12.9. The maximum absolute atomic E-state index is 12.8. The summed E-state index contributed by atoms with van der Waals surface area (Å²) in [6.45, 7) is 8.44. The summed E-state index contributed by atoms with van der Waals surface area (Å²) >= 11 is 0. The molecule has 10 heteroatoms. The third kappa shape index (κ3) is 8.32. The zero-order chi connectivity index (χ0) is 29.4. The third-order valence-electron chi connectivity index (χ3n) is 6.92. The van der Waals surface area contributed by atoms with Crippen molar-refractivity contribution < 1.29 is 39.1 Å². The van der Waals surface area contributed by atoms with Crippen LogP contribution in [0.1, 0.15) is 46.6 Å². The van der Waals surface area contributed by atoms with Crippen molar-refractivity contribution in [1.82, 2.24) is 0 Å². The molecular formula is C29H42N2O8. The number of nitrogens with two attached hydrogens (primary N) is 1. The highest BCUT2D eigenvalue weighted by Crippen LogP contribution is 2.40. The average molecular weight is 547 g/mol. The molecule has 0 aliphatic carbocycles. The van der Waals surface area contributed by atoms with Gasteiger partial charge in [0.1, 0.15) is 17.6 Å². The van der Waals surface area contributed by atoms with Gasteiger partial charge in [-0.3, -0.25) is 9.59 Å². The summed E-state index contributed by atoms with van der Waals surface area (Å²) in [5.41, 5.74) is 7.39. The minimum Gasteiger partial charge on any atom is -0.506 e. The molecule has 0 aromatic heterocycles. The minimum absolute atomic E-state index is 0.0157. The predicted octanol–water partition coefficient (Wildman–Crippen LogP) is 3.61. The minimum atomic E-state index is -0.903. The van der Waals surface area contributed by atoms with E-state index in [0.717, 1.165) is 0 Å². The molecule has 1 amide bonds. The Morgan fingerprint density at radius 2 is 1.82 bits per heavy atom. The van der Waals surface area contributed by atoms with E-state index in [1.54, 1.807) is 32.1 Å². The van der Waals surface area contributed by atoms with Crippen molar-refractivity contribution in [3.63, 3.8) is 0 Å². The number of anilines is 2. The van der Waals surface area contributed by atoms with Crippen molar-refractivity contribution in [3.05, 3.63) is 47.1 Å². The van der Waals surface area contributed by atoms with E-state index in [-0.39, 0.29) is 46.7 Å². The highest BCUT2D eigenvalue weighted by atomic mass is 16.6. The second kappa shape index (κ2) is 14.2. The molecule has 216 valence electrons. The van der Waals surface area contributed by atoms with Gasteiger partial charge in [-0.05, 0) is 38.2 Å². The van der Waals surface area contributed by atoms with E-state index in [2.05, 4.69) is 5.32 Å². The van der Waals surface area contributed by atoms with Gasteiger partial charge in [0.25, 0.3) is 5.91 Å². The first kappa shape index (κ1) is 31.9. The number of aliphatic hydroxyl groups is 1. The van der Waals surface area contributed by atoms with E-state index >= 15 is 0 Å². The van der Waals surface area contributed by atoms with E-state index < -0.39 is 36.3 Å². The Morgan fingerprint density at radius 3 is 2.41 bits per heavy atom. The van der Waals surface area contributed by atoms with E-state index in [0.29, 0.717) is 17.6 Å². The van der Waals surface area contributed by atoms with Gasteiger partial charge in [-0.2, -0.15) is 0 Å². The first-order chi connectivity index (χ1) is 18.3. The van der Waals surface area contributed by atoms with Gasteiger partial charge in [0.05, 0.1) is 23.6 Å². The summed E-state index contributed by atoms with van der Waals surface area (Å²) in [5, 5.41) is 35.1. The Balaban J connectivity index is 2.62. The smallest absolute Gasteiger partial charge is 0.303 e. The SMILES string of the molecule is CO[C@H]1/C=C\C=C(/C)C(=O)Nc2cc(O)c(N)c(c2O)C[C@@H](C)C[C@H](OC)[C@H](O)[C@@H](C)/C=C(\C)[C@@H]1OC(C)=O. The molecule has 1 aliphatic heterocycles. The van der Waals surface area contributed by atoms with E-state index in [9.17, 15) is 24.9 Å². The van der Waals surface area contributed by atoms with Gasteiger partial charge in [0, 0.05) is 44.3 Å². The highest BCUT2D eigenvalue weighted by Gasteiger charge is 2.30. The van der Waals surface area contributed by atoms with Gasteiger partial charge < -0.3 is 40.6 Å². The van der Waals surface area contributed by atoms with Crippen LogP contribution in [0.2, 0.25) is 0 Å². The van der Waals surface area contributed by atoms with Crippen molar-refractivity contribution in [2.24, 2.45) is 11.8 Å². The van der Waals surface area contributed by atoms with Gasteiger partial charge in [0.2, 0.25) is 0 Å². The molecule has 6 N–H and O–H groups in total. The van der Waals surface area contributed by atoms with Gasteiger partial charge in [-0.1, -0.05) is 38.2 Å². The predicted molar refractivity (Wildman–Crippen MR) is 149 cm³/mol. The molecule has 10 nitrogen and oxygen atoms in total. The first-order valence-corrected chi connectivity index (χ1v) is 12.9. The van der Waals surface area contributed by atoms with Crippen LogP contribution in [0.5, 0.6) is 11.5 Å². The molecule has 0 spiro atoms. The van der Waals surface area contributed by atoms with Gasteiger partial charge >= 0.3 is 5.97 Å². The molecule has 0 saturated heterocycles. The molecule has 1 aromatic carbocycles. The maximum Gasteiger partial charge on any atom is 0.303 e. The lowest BCUT2D eigenvalue weighted by Gasteiger charge is -2.29. The fraction of sp³-hybridized carbons (Fsp3) is 0.517. The molecule has 2 rings (SSSR count). The zero-order valence-corrected chi connectivity index (χ0v) is 23.7. The molecule has 2 bridgehead atoms. The van der Waals surface area contributed by atoms with E-state index in [1.807, 2.05) is 19.9 Å². The number of rotatable bonds is 3. The Hall–Kier alpha value is -3.34. The molecule has 39 heavy (non-hydrogen) atoms. The number of methoxy groups -OCH3 is 2.